The molecule has 1 atom stereocenters. The molecule has 1 rings (SSSR count). The van der Waals surface area contributed by atoms with Gasteiger partial charge in [0.15, 0.2) is 5.78 Å². The van der Waals surface area contributed by atoms with Gasteiger partial charge in [-0.3, -0.25) is 4.79 Å². The summed E-state index contributed by atoms with van der Waals surface area (Å²) in [6.45, 7) is 7.71. The number of carbonyl (C=O) groups excluding carboxylic acids is 1. The number of aryl methyl sites for hydroxylation is 1. The molecule has 0 radical (unpaired) electrons. The van der Waals surface area contributed by atoms with Crippen molar-refractivity contribution in [2.75, 3.05) is 6.61 Å². The van der Waals surface area contributed by atoms with Gasteiger partial charge in [-0.15, -0.1) is 11.6 Å². The Morgan fingerprint density at radius 3 is 2.53 bits per heavy atom. The van der Waals surface area contributed by atoms with Crippen molar-refractivity contribution in [2.24, 2.45) is 0 Å². The van der Waals surface area contributed by atoms with E-state index in [0.29, 0.717) is 22.9 Å². The quantitative estimate of drug-likeness (QED) is 0.609. The number of ether oxygens (including phenoxy) is 1. The first-order valence-electron chi connectivity index (χ1n) is 5.50. The van der Waals surface area contributed by atoms with Crippen LogP contribution in [0.4, 0.5) is 0 Å². The third kappa shape index (κ3) is 2.93. The minimum atomic E-state index is -0.591. The van der Waals surface area contributed by atoms with Gasteiger partial charge in [0.1, 0.15) is 5.75 Å². The van der Waals surface area contributed by atoms with Crippen LogP contribution in [0.2, 0.25) is 5.02 Å². The van der Waals surface area contributed by atoms with Crippen LogP contribution in [-0.2, 0) is 0 Å². The van der Waals surface area contributed by atoms with Crippen molar-refractivity contribution in [1.82, 2.24) is 0 Å². The highest BCUT2D eigenvalue weighted by Crippen LogP contribution is 2.33. The van der Waals surface area contributed by atoms with Crippen LogP contribution in [0.3, 0.4) is 0 Å². The number of hydrogen-bond donors (Lipinski definition) is 0. The van der Waals surface area contributed by atoms with Crippen LogP contribution < -0.4 is 4.74 Å². The number of benzene rings is 1. The molecule has 0 saturated heterocycles. The van der Waals surface area contributed by atoms with E-state index in [-0.39, 0.29) is 5.78 Å². The van der Waals surface area contributed by atoms with Crippen LogP contribution in [0.15, 0.2) is 6.07 Å². The highest BCUT2D eigenvalue weighted by atomic mass is 35.5. The van der Waals surface area contributed by atoms with Gasteiger partial charge in [0, 0.05) is 5.02 Å². The zero-order chi connectivity index (χ0) is 13.2. The summed E-state index contributed by atoms with van der Waals surface area (Å²) in [5.41, 5.74) is 2.11. The molecule has 0 aliphatic heterocycles. The van der Waals surface area contributed by atoms with Gasteiger partial charge in [-0.1, -0.05) is 11.6 Å². The molecule has 1 unspecified atom stereocenters. The highest BCUT2D eigenvalue weighted by molar-refractivity contribution is 6.36. The SMILES string of the molecule is CCOc1cc(C)c(Cl)c(C)c1C(=O)C(C)Cl. The van der Waals surface area contributed by atoms with E-state index in [9.17, 15) is 4.79 Å². The summed E-state index contributed by atoms with van der Waals surface area (Å²) in [5, 5.41) is 0.000739. The number of halogens is 2. The fourth-order valence-electron chi connectivity index (χ4n) is 1.70. The van der Waals surface area contributed by atoms with Crippen LogP contribution in [-0.4, -0.2) is 17.8 Å². The number of alkyl halides is 1. The molecule has 0 N–H and O–H groups in total. The summed E-state index contributed by atoms with van der Waals surface area (Å²) in [5.74, 6) is 0.402. The molecule has 0 fully saturated rings. The third-order valence-corrected chi connectivity index (χ3v) is 3.33. The van der Waals surface area contributed by atoms with Crippen molar-refractivity contribution in [1.29, 1.82) is 0 Å². The standard InChI is InChI=1S/C13H16Cl2O2/c1-5-17-10-6-7(2)12(15)8(3)11(10)13(16)9(4)14/h6,9H,5H2,1-4H3. The molecular weight excluding hydrogens is 259 g/mol. The first-order valence-corrected chi connectivity index (χ1v) is 6.32. The van der Waals surface area contributed by atoms with Crippen LogP contribution in [0.1, 0.15) is 35.3 Å². The van der Waals surface area contributed by atoms with Crippen LogP contribution in [0.5, 0.6) is 5.75 Å². The normalized spacial score (nSPS) is 12.4. The summed E-state index contributed by atoms with van der Waals surface area (Å²) in [7, 11) is 0. The van der Waals surface area contributed by atoms with Gasteiger partial charge in [-0.2, -0.15) is 0 Å². The highest BCUT2D eigenvalue weighted by Gasteiger charge is 2.22. The summed E-state index contributed by atoms with van der Waals surface area (Å²) in [6, 6.07) is 1.78. The largest absolute Gasteiger partial charge is 0.493 e. The summed E-state index contributed by atoms with van der Waals surface area (Å²) in [4.78, 5) is 12.1. The van der Waals surface area contributed by atoms with Crippen LogP contribution in [0, 0.1) is 13.8 Å². The number of carbonyl (C=O) groups is 1. The Hall–Kier alpha value is -0.730. The lowest BCUT2D eigenvalue weighted by atomic mass is 9.99. The van der Waals surface area contributed by atoms with E-state index >= 15 is 0 Å². The van der Waals surface area contributed by atoms with E-state index < -0.39 is 5.38 Å². The number of Topliss-reactive ketones (excluding diaryl/α,β-unsaturated/α-hetero) is 1. The second kappa shape index (κ2) is 5.74. The van der Waals surface area contributed by atoms with Gasteiger partial charge in [-0.05, 0) is 44.9 Å². The first kappa shape index (κ1) is 14.3. The molecule has 1 aromatic carbocycles. The zero-order valence-electron chi connectivity index (χ0n) is 10.4. The van der Waals surface area contributed by atoms with Gasteiger partial charge < -0.3 is 4.74 Å². The van der Waals surface area contributed by atoms with Gasteiger partial charge in [0.25, 0.3) is 0 Å². The Balaban J connectivity index is 3.43. The van der Waals surface area contributed by atoms with E-state index in [1.54, 1.807) is 13.0 Å². The molecular formula is C13H16Cl2O2. The number of hydrogen-bond acceptors (Lipinski definition) is 2. The van der Waals surface area contributed by atoms with E-state index in [1.165, 1.54) is 0 Å². The Morgan fingerprint density at radius 2 is 2.06 bits per heavy atom. The van der Waals surface area contributed by atoms with Crippen molar-refractivity contribution in [3.8, 4) is 5.75 Å². The van der Waals surface area contributed by atoms with E-state index in [4.69, 9.17) is 27.9 Å². The Kier molecular flexibility index (Phi) is 4.84. The minimum absolute atomic E-state index is 0.158. The fourth-order valence-corrected chi connectivity index (χ4v) is 1.96. The van der Waals surface area contributed by atoms with Crippen molar-refractivity contribution in [2.45, 2.75) is 33.1 Å². The van der Waals surface area contributed by atoms with Gasteiger partial charge in [0.2, 0.25) is 0 Å². The molecule has 0 saturated carbocycles. The molecule has 2 nitrogen and oxygen atoms in total. The number of ketones is 1. The summed E-state index contributed by atoms with van der Waals surface area (Å²) >= 11 is 12.0. The third-order valence-electron chi connectivity index (χ3n) is 2.55. The maximum Gasteiger partial charge on any atom is 0.184 e. The van der Waals surface area contributed by atoms with E-state index in [0.717, 1.165) is 11.1 Å². The first-order chi connectivity index (χ1) is 7.90. The Morgan fingerprint density at radius 1 is 1.47 bits per heavy atom. The predicted molar refractivity (Wildman–Crippen MR) is 71.7 cm³/mol. The lowest BCUT2D eigenvalue weighted by Gasteiger charge is -2.16. The van der Waals surface area contributed by atoms with Crippen molar-refractivity contribution < 1.29 is 9.53 Å². The summed E-state index contributed by atoms with van der Waals surface area (Å²) < 4.78 is 5.49. The lowest BCUT2D eigenvalue weighted by molar-refractivity contribution is 0.0987. The Bertz CT molecular complexity index is 440. The molecule has 4 heteroatoms. The lowest BCUT2D eigenvalue weighted by Crippen LogP contribution is -2.15. The molecule has 0 aromatic heterocycles. The van der Waals surface area contributed by atoms with Crippen molar-refractivity contribution in [3.05, 3.63) is 27.8 Å². The average Bonchev–Trinajstić information content (AvgIpc) is 2.26. The Labute approximate surface area is 112 Å². The molecule has 0 spiro atoms. The molecule has 0 aliphatic carbocycles. The average molecular weight is 275 g/mol. The van der Waals surface area contributed by atoms with Crippen molar-refractivity contribution in [3.63, 3.8) is 0 Å². The molecule has 0 heterocycles. The number of rotatable bonds is 4. The topological polar surface area (TPSA) is 26.3 Å². The maximum atomic E-state index is 12.1. The molecule has 17 heavy (non-hydrogen) atoms. The fraction of sp³-hybridized carbons (Fsp3) is 0.462. The smallest absolute Gasteiger partial charge is 0.184 e. The second-order valence-corrected chi connectivity index (χ2v) is 4.95. The van der Waals surface area contributed by atoms with E-state index in [2.05, 4.69) is 0 Å². The van der Waals surface area contributed by atoms with Crippen LogP contribution >= 0.6 is 23.2 Å². The predicted octanol–water partition coefficient (Wildman–Crippen LogP) is 4.17. The zero-order valence-corrected chi connectivity index (χ0v) is 11.9. The molecule has 1 aromatic rings. The molecule has 94 valence electrons. The van der Waals surface area contributed by atoms with E-state index in [1.807, 2.05) is 20.8 Å². The molecule has 0 aliphatic rings. The van der Waals surface area contributed by atoms with Gasteiger partial charge >= 0.3 is 0 Å². The summed E-state index contributed by atoms with van der Waals surface area (Å²) in [6.07, 6.45) is 0. The van der Waals surface area contributed by atoms with Gasteiger partial charge in [0.05, 0.1) is 17.5 Å². The van der Waals surface area contributed by atoms with Gasteiger partial charge in [-0.25, -0.2) is 0 Å². The maximum absolute atomic E-state index is 12.1. The molecule has 0 amide bonds. The van der Waals surface area contributed by atoms with Crippen molar-refractivity contribution >= 4 is 29.0 Å². The second-order valence-electron chi connectivity index (χ2n) is 3.92. The van der Waals surface area contributed by atoms with Crippen LogP contribution in [0.25, 0.3) is 0 Å². The molecule has 0 bridgehead atoms. The minimum Gasteiger partial charge on any atom is -0.493 e. The monoisotopic (exact) mass is 274 g/mol.